The van der Waals surface area contributed by atoms with Crippen molar-refractivity contribution in [1.82, 2.24) is 10.6 Å². The van der Waals surface area contributed by atoms with E-state index < -0.39 is 54.5 Å². The number of carbonyl (C=O) groups is 4. The molecule has 35 heavy (non-hydrogen) atoms. The molecule has 2 N–H and O–H groups in total. The summed E-state index contributed by atoms with van der Waals surface area (Å²) in [5, 5.41) is 8.84. The highest BCUT2D eigenvalue weighted by Gasteiger charge is 2.49. The number of nitrogens with one attached hydrogen (secondary N) is 2. The van der Waals surface area contributed by atoms with Crippen LogP contribution in [-0.2, 0) is 33.3 Å². The Morgan fingerprint density at radius 2 is 2.00 bits per heavy atom. The van der Waals surface area contributed by atoms with E-state index in [4.69, 9.17) is 29.2 Å². The number of hydrogen-bond donors (Lipinski definition) is 2. The van der Waals surface area contributed by atoms with Crippen molar-refractivity contribution < 1.29 is 42.9 Å². The van der Waals surface area contributed by atoms with E-state index in [9.17, 15) is 19.2 Å². The molecule has 1 saturated heterocycles. The van der Waals surface area contributed by atoms with E-state index in [1.165, 1.54) is 13.0 Å². The van der Waals surface area contributed by atoms with Gasteiger partial charge < -0.3 is 34.3 Å². The van der Waals surface area contributed by atoms with Crippen molar-refractivity contribution in [3.05, 3.63) is 22.3 Å². The highest BCUT2D eigenvalue weighted by molar-refractivity contribution is 5.86. The first-order valence-corrected chi connectivity index (χ1v) is 11.4. The SMILES string of the molecule is CCCCCCCNC(=O)O[C@@H]([C@@H]1OC(C(=O)OC)=C[C@H](N=[N+]=[N-])[C@H]1NC(C)=O)[C@H]1COC(=O)O1. The van der Waals surface area contributed by atoms with E-state index in [2.05, 4.69) is 27.6 Å². The van der Waals surface area contributed by atoms with Crippen molar-refractivity contribution in [2.75, 3.05) is 20.3 Å². The fourth-order valence-electron chi connectivity index (χ4n) is 3.71. The van der Waals surface area contributed by atoms with Gasteiger partial charge in [-0.2, -0.15) is 0 Å². The summed E-state index contributed by atoms with van der Waals surface area (Å²) in [6.07, 6.45) is 0.522. The molecule has 2 amide bonds. The van der Waals surface area contributed by atoms with E-state index in [1.807, 2.05) is 0 Å². The second kappa shape index (κ2) is 13.9. The van der Waals surface area contributed by atoms with Gasteiger partial charge in [0.05, 0.1) is 19.2 Å². The van der Waals surface area contributed by atoms with Crippen LogP contribution < -0.4 is 10.6 Å². The highest BCUT2D eigenvalue weighted by Crippen LogP contribution is 2.29. The molecule has 14 heteroatoms. The molecule has 2 aliphatic heterocycles. The van der Waals surface area contributed by atoms with Crippen LogP contribution in [0, 0.1) is 0 Å². The van der Waals surface area contributed by atoms with Crippen LogP contribution in [0.25, 0.3) is 10.4 Å². The molecule has 0 aromatic rings. The number of esters is 1. The van der Waals surface area contributed by atoms with Crippen LogP contribution in [0.2, 0.25) is 0 Å². The molecule has 5 atom stereocenters. The number of rotatable bonds is 12. The average Bonchev–Trinajstić information content (AvgIpc) is 3.26. The van der Waals surface area contributed by atoms with Crippen LogP contribution >= 0.6 is 0 Å². The number of carbonyl (C=O) groups excluding carboxylic acids is 4. The van der Waals surface area contributed by atoms with Crippen LogP contribution in [0.5, 0.6) is 0 Å². The van der Waals surface area contributed by atoms with Crippen molar-refractivity contribution in [3.63, 3.8) is 0 Å². The van der Waals surface area contributed by atoms with Crippen LogP contribution in [-0.4, -0.2) is 74.8 Å². The molecule has 2 rings (SSSR count). The van der Waals surface area contributed by atoms with Crippen LogP contribution in [0.4, 0.5) is 9.59 Å². The van der Waals surface area contributed by atoms with E-state index in [0.29, 0.717) is 6.54 Å². The topological polar surface area (TPSA) is 187 Å². The zero-order valence-corrected chi connectivity index (χ0v) is 19.9. The standard InChI is InChI=1S/C21H31N5O9/c1-4-5-6-7-8-9-23-20(29)35-17(15-11-32-21(30)34-15)18-16(24-12(2)27)13(25-26-22)10-14(33-18)19(28)31-3/h10,13,15-18H,4-9,11H2,1-3H3,(H,23,29)(H,24,27)/t13-,15+,16+,17+,18+/m0/s1. The molecule has 1 fully saturated rings. The first-order valence-electron chi connectivity index (χ1n) is 11.4. The Morgan fingerprint density at radius 3 is 2.60 bits per heavy atom. The maximum atomic E-state index is 12.6. The molecule has 2 aliphatic rings. The zero-order chi connectivity index (χ0) is 25.8. The fraction of sp³-hybridized carbons (Fsp3) is 0.714. The van der Waals surface area contributed by atoms with E-state index in [-0.39, 0.29) is 12.4 Å². The summed E-state index contributed by atoms with van der Waals surface area (Å²) < 4.78 is 25.9. The van der Waals surface area contributed by atoms with E-state index in [0.717, 1.165) is 39.2 Å². The lowest BCUT2D eigenvalue weighted by Gasteiger charge is -2.39. The lowest BCUT2D eigenvalue weighted by molar-refractivity contribution is -0.147. The van der Waals surface area contributed by atoms with Crippen LogP contribution in [0.1, 0.15) is 46.0 Å². The summed E-state index contributed by atoms with van der Waals surface area (Å²) in [6, 6.07) is -2.19. The minimum Gasteiger partial charge on any atom is -0.477 e. The van der Waals surface area contributed by atoms with Crippen LogP contribution in [0.15, 0.2) is 16.9 Å². The van der Waals surface area contributed by atoms with Gasteiger partial charge in [-0.05, 0) is 18.0 Å². The fourth-order valence-corrected chi connectivity index (χ4v) is 3.71. The lowest BCUT2D eigenvalue weighted by atomic mass is 9.92. The molecule has 0 radical (unpaired) electrons. The van der Waals surface area contributed by atoms with Gasteiger partial charge in [-0.15, -0.1) is 0 Å². The van der Waals surface area contributed by atoms with Gasteiger partial charge in [0.1, 0.15) is 6.61 Å². The number of nitrogens with zero attached hydrogens (tertiary/aromatic N) is 3. The third-order valence-electron chi connectivity index (χ3n) is 5.34. The maximum absolute atomic E-state index is 12.6. The molecule has 0 spiro atoms. The number of alkyl carbamates (subject to hydrolysis) is 1. The van der Waals surface area contributed by atoms with Crippen molar-refractivity contribution in [2.45, 2.75) is 76.3 Å². The smallest absolute Gasteiger partial charge is 0.477 e. The molecule has 0 unspecified atom stereocenters. The molecule has 0 aliphatic carbocycles. The van der Waals surface area contributed by atoms with Gasteiger partial charge in [0, 0.05) is 18.4 Å². The Morgan fingerprint density at radius 1 is 1.26 bits per heavy atom. The first kappa shape index (κ1) is 27.6. The van der Waals surface area contributed by atoms with Gasteiger partial charge in [-0.25, -0.2) is 14.4 Å². The predicted octanol–water partition coefficient (Wildman–Crippen LogP) is 2.23. The summed E-state index contributed by atoms with van der Waals surface area (Å²) >= 11 is 0. The third-order valence-corrected chi connectivity index (χ3v) is 5.34. The Balaban J connectivity index is 2.28. The second-order valence-corrected chi connectivity index (χ2v) is 7.95. The number of cyclic esters (lactones) is 2. The quantitative estimate of drug-likeness (QED) is 0.102. The molecule has 194 valence electrons. The lowest BCUT2D eigenvalue weighted by Crippen LogP contribution is -2.60. The molecular weight excluding hydrogens is 466 g/mol. The molecule has 0 aromatic heterocycles. The summed E-state index contributed by atoms with van der Waals surface area (Å²) in [6.45, 7) is 3.41. The van der Waals surface area contributed by atoms with Crippen LogP contribution in [0.3, 0.4) is 0 Å². The largest absolute Gasteiger partial charge is 0.508 e. The van der Waals surface area contributed by atoms with Crippen molar-refractivity contribution >= 4 is 24.1 Å². The van der Waals surface area contributed by atoms with Crippen molar-refractivity contribution in [1.29, 1.82) is 0 Å². The molecule has 2 heterocycles. The van der Waals surface area contributed by atoms with Gasteiger partial charge in [-0.3, -0.25) is 4.79 Å². The Kier molecular flexibility index (Phi) is 10.9. The average molecular weight is 498 g/mol. The highest BCUT2D eigenvalue weighted by atomic mass is 16.8. The molecule has 0 saturated carbocycles. The van der Waals surface area contributed by atoms with Gasteiger partial charge in [0.25, 0.3) is 0 Å². The van der Waals surface area contributed by atoms with Crippen molar-refractivity contribution in [3.8, 4) is 0 Å². The number of amides is 2. The Labute approximate surface area is 202 Å². The number of ether oxygens (including phenoxy) is 5. The minimum absolute atomic E-state index is 0.274. The minimum atomic E-state index is -1.34. The van der Waals surface area contributed by atoms with Gasteiger partial charge in [0.15, 0.2) is 18.3 Å². The van der Waals surface area contributed by atoms with E-state index in [1.54, 1.807) is 0 Å². The summed E-state index contributed by atoms with van der Waals surface area (Å²) in [7, 11) is 1.12. The number of hydrogen-bond acceptors (Lipinski definition) is 10. The Bertz CT molecular complexity index is 858. The summed E-state index contributed by atoms with van der Waals surface area (Å²) in [5.41, 5.74) is 9.02. The number of azide groups is 1. The molecular formula is C21H31N5O9. The normalized spacial score (nSPS) is 23.9. The molecule has 0 aromatic carbocycles. The summed E-state index contributed by atoms with van der Waals surface area (Å²) in [4.78, 5) is 51.0. The monoisotopic (exact) mass is 497 g/mol. The van der Waals surface area contributed by atoms with Crippen molar-refractivity contribution in [2.24, 2.45) is 5.11 Å². The van der Waals surface area contributed by atoms with E-state index >= 15 is 0 Å². The molecule has 14 nitrogen and oxygen atoms in total. The molecule has 0 bridgehead atoms. The van der Waals surface area contributed by atoms with Gasteiger partial charge >= 0.3 is 18.2 Å². The third kappa shape index (κ3) is 8.25. The Hall–Kier alpha value is -3.67. The second-order valence-electron chi connectivity index (χ2n) is 7.95. The number of unbranched alkanes of at least 4 members (excludes halogenated alkanes) is 4. The van der Waals surface area contributed by atoms with Gasteiger partial charge in [0.2, 0.25) is 11.7 Å². The number of methoxy groups -OCH3 is 1. The first-order chi connectivity index (χ1) is 16.8. The summed E-state index contributed by atoms with van der Waals surface area (Å²) in [5.74, 6) is -1.72. The maximum Gasteiger partial charge on any atom is 0.508 e. The van der Waals surface area contributed by atoms with Gasteiger partial charge in [-0.1, -0.05) is 37.7 Å². The zero-order valence-electron chi connectivity index (χ0n) is 19.9. The predicted molar refractivity (Wildman–Crippen MR) is 119 cm³/mol.